The van der Waals surface area contributed by atoms with E-state index in [4.69, 9.17) is 5.73 Å². The molecule has 0 saturated carbocycles. The Balaban J connectivity index is 2.29. The number of hydrogen-bond acceptors (Lipinski definition) is 3. The molecule has 2 heterocycles. The van der Waals surface area contributed by atoms with Gasteiger partial charge in [-0.15, -0.1) is 11.3 Å². The first-order chi connectivity index (χ1) is 11.5. The molecule has 4 N–H and O–H groups in total. The standard InChI is InChI=1S/C19H22N2O2S/c1-11-6-7-14(19(22)23)15-13(5-3-4-9-20)17(21-16(11)15)18-12(2)8-10-24-18/h6-8,10,21H,3-5,9,20H2,1-2H3,(H,22,23). The first-order valence-corrected chi connectivity index (χ1v) is 9.04. The number of hydrogen-bond donors (Lipinski definition) is 3. The molecule has 3 rings (SSSR count). The van der Waals surface area contributed by atoms with E-state index in [2.05, 4.69) is 23.4 Å². The zero-order valence-corrected chi connectivity index (χ0v) is 14.8. The lowest BCUT2D eigenvalue weighted by molar-refractivity contribution is 0.0699. The zero-order chi connectivity index (χ0) is 17.3. The predicted molar refractivity (Wildman–Crippen MR) is 100 cm³/mol. The summed E-state index contributed by atoms with van der Waals surface area (Å²) in [5, 5.41) is 12.6. The maximum atomic E-state index is 11.7. The smallest absolute Gasteiger partial charge is 0.336 e. The summed E-state index contributed by atoms with van der Waals surface area (Å²) in [5.74, 6) is -0.881. The monoisotopic (exact) mass is 342 g/mol. The maximum Gasteiger partial charge on any atom is 0.336 e. The molecular formula is C19H22N2O2S. The molecule has 4 nitrogen and oxygen atoms in total. The van der Waals surface area contributed by atoms with Gasteiger partial charge in [-0.2, -0.15) is 0 Å². The zero-order valence-electron chi connectivity index (χ0n) is 14.0. The van der Waals surface area contributed by atoms with E-state index >= 15 is 0 Å². The van der Waals surface area contributed by atoms with Gasteiger partial charge in [-0.05, 0) is 73.9 Å². The number of aromatic amines is 1. The van der Waals surface area contributed by atoms with Crippen LogP contribution in [0.3, 0.4) is 0 Å². The van der Waals surface area contributed by atoms with E-state index in [9.17, 15) is 9.90 Å². The van der Waals surface area contributed by atoms with E-state index in [-0.39, 0.29) is 0 Å². The van der Waals surface area contributed by atoms with Gasteiger partial charge < -0.3 is 15.8 Å². The van der Waals surface area contributed by atoms with Crippen LogP contribution >= 0.6 is 11.3 Å². The van der Waals surface area contributed by atoms with Crippen LogP contribution in [-0.4, -0.2) is 22.6 Å². The van der Waals surface area contributed by atoms with E-state index in [0.29, 0.717) is 12.1 Å². The van der Waals surface area contributed by atoms with Crippen LogP contribution in [0, 0.1) is 13.8 Å². The number of carboxylic acids is 1. The number of thiophene rings is 1. The fourth-order valence-corrected chi connectivity index (χ4v) is 4.16. The maximum absolute atomic E-state index is 11.7. The Labute approximate surface area is 145 Å². The van der Waals surface area contributed by atoms with E-state index in [1.54, 1.807) is 17.4 Å². The minimum Gasteiger partial charge on any atom is -0.478 e. The third-order valence-corrected chi connectivity index (χ3v) is 5.50. The molecule has 24 heavy (non-hydrogen) atoms. The number of aryl methyl sites for hydroxylation is 3. The predicted octanol–water partition coefficient (Wildman–Crippen LogP) is 4.49. The van der Waals surface area contributed by atoms with Crippen molar-refractivity contribution < 1.29 is 9.90 Å². The fraction of sp³-hybridized carbons (Fsp3) is 0.316. The quantitative estimate of drug-likeness (QED) is 0.577. The van der Waals surface area contributed by atoms with Gasteiger partial charge in [0.1, 0.15) is 0 Å². The minimum absolute atomic E-state index is 0.370. The lowest BCUT2D eigenvalue weighted by atomic mass is 9.97. The summed E-state index contributed by atoms with van der Waals surface area (Å²) in [6.07, 6.45) is 2.71. The minimum atomic E-state index is -0.881. The molecule has 0 fully saturated rings. The highest BCUT2D eigenvalue weighted by molar-refractivity contribution is 7.13. The van der Waals surface area contributed by atoms with Gasteiger partial charge >= 0.3 is 5.97 Å². The molecule has 0 unspecified atom stereocenters. The number of carbonyl (C=O) groups is 1. The van der Waals surface area contributed by atoms with Gasteiger partial charge in [0.05, 0.1) is 16.1 Å². The number of carboxylic acid groups (broad SMARTS) is 1. The number of unbranched alkanes of at least 4 members (excludes halogenated alkanes) is 1. The van der Waals surface area contributed by atoms with E-state index in [0.717, 1.165) is 47.0 Å². The Kier molecular flexibility index (Phi) is 4.73. The van der Waals surface area contributed by atoms with Crippen molar-refractivity contribution in [1.29, 1.82) is 0 Å². The lowest BCUT2D eigenvalue weighted by Crippen LogP contribution is -2.01. The van der Waals surface area contributed by atoms with Gasteiger partial charge in [0.2, 0.25) is 0 Å². The van der Waals surface area contributed by atoms with Gasteiger partial charge in [0, 0.05) is 10.9 Å². The van der Waals surface area contributed by atoms with E-state index < -0.39 is 5.97 Å². The van der Waals surface area contributed by atoms with Crippen LogP contribution in [0.2, 0.25) is 0 Å². The molecular weight excluding hydrogens is 320 g/mol. The van der Waals surface area contributed by atoms with Gasteiger partial charge in [0.25, 0.3) is 0 Å². The summed E-state index contributed by atoms with van der Waals surface area (Å²) in [7, 11) is 0. The molecule has 0 aliphatic carbocycles. The molecule has 0 aliphatic rings. The molecule has 0 aliphatic heterocycles. The van der Waals surface area contributed by atoms with Crippen molar-refractivity contribution in [3.05, 3.63) is 45.8 Å². The van der Waals surface area contributed by atoms with Crippen molar-refractivity contribution in [2.75, 3.05) is 6.54 Å². The van der Waals surface area contributed by atoms with Crippen LogP contribution in [0.5, 0.6) is 0 Å². The molecule has 0 radical (unpaired) electrons. The number of fused-ring (bicyclic) bond motifs is 1. The SMILES string of the molecule is Cc1ccsc1-c1[nH]c2c(C)ccc(C(=O)O)c2c1CCCCN. The fourth-order valence-electron chi connectivity index (χ4n) is 3.20. The second-order valence-electron chi connectivity index (χ2n) is 6.14. The van der Waals surface area contributed by atoms with Gasteiger partial charge in [-0.1, -0.05) is 6.07 Å². The highest BCUT2D eigenvalue weighted by atomic mass is 32.1. The second kappa shape index (κ2) is 6.79. The van der Waals surface area contributed by atoms with Crippen LogP contribution in [0.15, 0.2) is 23.6 Å². The topological polar surface area (TPSA) is 79.1 Å². The number of H-pyrrole nitrogens is 1. The molecule has 0 atom stereocenters. The Morgan fingerprint density at radius 1 is 1.21 bits per heavy atom. The van der Waals surface area contributed by atoms with Crippen molar-refractivity contribution in [3.8, 4) is 10.6 Å². The summed E-state index contributed by atoms with van der Waals surface area (Å²) in [6, 6.07) is 5.68. The van der Waals surface area contributed by atoms with Gasteiger partial charge in [-0.3, -0.25) is 0 Å². The van der Waals surface area contributed by atoms with Crippen LogP contribution in [-0.2, 0) is 6.42 Å². The summed E-state index contributed by atoms with van der Waals surface area (Å²) in [6.45, 7) is 4.76. The summed E-state index contributed by atoms with van der Waals surface area (Å²) >= 11 is 1.69. The number of aromatic carboxylic acids is 1. The Hall–Kier alpha value is -2.11. The molecule has 0 amide bonds. The van der Waals surface area contributed by atoms with Gasteiger partial charge in [-0.25, -0.2) is 4.79 Å². The number of benzene rings is 1. The first kappa shape index (κ1) is 16.7. The van der Waals surface area contributed by atoms with Crippen LogP contribution < -0.4 is 5.73 Å². The highest BCUT2D eigenvalue weighted by Crippen LogP contribution is 2.38. The molecule has 5 heteroatoms. The molecule has 0 bridgehead atoms. The third kappa shape index (κ3) is 2.85. The van der Waals surface area contributed by atoms with Crippen molar-refractivity contribution in [2.45, 2.75) is 33.1 Å². The number of aromatic nitrogens is 1. The van der Waals surface area contributed by atoms with E-state index in [1.165, 1.54) is 10.4 Å². The molecule has 3 aromatic rings. The average Bonchev–Trinajstić information content (AvgIpc) is 3.12. The Bertz CT molecular complexity index is 892. The molecule has 0 saturated heterocycles. The normalized spacial score (nSPS) is 11.3. The van der Waals surface area contributed by atoms with Crippen molar-refractivity contribution in [3.63, 3.8) is 0 Å². The highest BCUT2D eigenvalue weighted by Gasteiger charge is 2.21. The molecule has 0 spiro atoms. The van der Waals surface area contributed by atoms with Crippen molar-refractivity contribution >= 4 is 28.2 Å². The molecule has 126 valence electrons. The average molecular weight is 342 g/mol. The molecule has 2 aromatic heterocycles. The lowest BCUT2D eigenvalue weighted by Gasteiger charge is -2.06. The summed E-state index contributed by atoms with van der Waals surface area (Å²) < 4.78 is 0. The summed E-state index contributed by atoms with van der Waals surface area (Å²) in [5.41, 5.74) is 11.4. The third-order valence-electron chi connectivity index (χ3n) is 4.47. The Morgan fingerprint density at radius 3 is 2.62 bits per heavy atom. The van der Waals surface area contributed by atoms with Crippen molar-refractivity contribution in [1.82, 2.24) is 4.98 Å². The van der Waals surface area contributed by atoms with Gasteiger partial charge in [0.15, 0.2) is 0 Å². The van der Waals surface area contributed by atoms with Crippen molar-refractivity contribution in [2.24, 2.45) is 5.73 Å². The summed E-state index contributed by atoms with van der Waals surface area (Å²) in [4.78, 5) is 16.4. The van der Waals surface area contributed by atoms with Crippen LogP contribution in [0.4, 0.5) is 0 Å². The first-order valence-electron chi connectivity index (χ1n) is 8.16. The Morgan fingerprint density at radius 2 is 2.00 bits per heavy atom. The van der Waals surface area contributed by atoms with Crippen LogP contribution in [0.25, 0.3) is 21.5 Å². The largest absolute Gasteiger partial charge is 0.478 e. The number of rotatable bonds is 6. The second-order valence-corrected chi connectivity index (χ2v) is 7.06. The number of nitrogens with two attached hydrogens (primary N) is 1. The van der Waals surface area contributed by atoms with E-state index in [1.807, 2.05) is 13.0 Å². The van der Waals surface area contributed by atoms with Crippen LogP contribution in [0.1, 0.15) is 39.9 Å². The number of nitrogens with one attached hydrogen (secondary N) is 1. The molecule has 1 aromatic carbocycles.